The van der Waals surface area contributed by atoms with Crippen LogP contribution < -0.4 is 27.4 Å². The lowest BCUT2D eigenvalue weighted by Gasteiger charge is -2.24. The fourth-order valence-corrected chi connectivity index (χ4v) is 8.54. The highest BCUT2D eigenvalue weighted by atomic mass is 16.3. The minimum atomic E-state index is -0.363. The van der Waals surface area contributed by atoms with Crippen LogP contribution in [0.1, 0.15) is 118 Å². The Morgan fingerprint density at radius 3 is 1.88 bits per heavy atom. The van der Waals surface area contributed by atoms with Crippen molar-refractivity contribution in [2.75, 3.05) is 18.4 Å². The van der Waals surface area contributed by atoms with E-state index in [9.17, 15) is 19.5 Å². The maximum absolute atomic E-state index is 14.8. The number of hydrogen-bond acceptors (Lipinski definition) is 8. The first-order valence-corrected chi connectivity index (χ1v) is 22.1. The molecule has 0 fully saturated rings. The van der Waals surface area contributed by atoms with Crippen molar-refractivity contribution in [2.45, 2.75) is 144 Å². The maximum atomic E-state index is 14.8. The first kappa shape index (κ1) is 42.6. The molecule has 0 bridgehead atoms. The number of unbranched alkanes of at least 4 members (excludes halogenated alkanes) is 6. The summed E-state index contributed by atoms with van der Waals surface area (Å²) in [6, 6.07) is 3.61. The summed E-state index contributed by atoms with van der Waals surface area (Å²) in [5.74, 6) is 0.248. The number of pyridine rings is 2. The molecule has 12 nitrogen and oxygen atoms in total. The Morgan fingerprint density at radius 2 is 1.29 bits per heavy atom. The van der Waals surface area contributed by atoms with Gasteiger partial charge in [-0.05, 0) is 75.3 Å². The Bertz CT molecular complexity index is 2380. The molecule has 312 valence electrons. The van der Waals surface area contributed by atoms with E-state index < -0.39 is 0 Å². The van der Waals surface area contributed by atoms with Crippen LogP contribution in [0.3, 0.4) is 0 Å². The molecule has 12 heteroatoms. The van der Waals surface area contributed by atoms with Crippen LogP contribution in [-0.2, 0) is 26.2 Å². The van der Waals surface area contributed by atoms with E-state index in [0.717, 1.165) is 103 Å². The third-order valence-corrected chi connectivity index (χ3v) is 12.1. The Balaban J connectivity index is 1.49. The van der Waals surface area contributed by atoms with E-state index in [0.29, 0.717) is 69.9 Å². The molecule has 1 aliphatic carbocycles. The van der Waals surface area contributed by atoms with Gasteiger partial charge in [-0.1, -0.05) is 66.2 Å². The smallest absolute Gasteiger partial charge is 0.263 e. The summed E-state index contributed by atoms with van der Waals surface area (Å²) in [6.45, 7) is 12.1. The Morgan fingerprint density at radius 1 is 0.690 bits per heavy atom. The topological polar surface area (TPSA) is 141 Å². The summed E-state index contributed by atoms with van der Waals surface area (Å²) in [4.78, 5) is 57.5. The molecular weight excluding hydrogens is 729 g/mol. The van der Waals surface area contributed by atoms with Crippen LogP contribution in [0, 0.1) is 11.8 Å². The summed E-state index contributed by atoms with van der Waals surface area (Å²) in [6.07, 6.45) is 24.4. The van der Waals surface area contributed by atoms with Gasteiger partial charge in [0.25, 0.3) is 16.7 Å². The number of benzene rings is 2. The molecule has 2 atom stereocenters. The van der Waals surface area contributed by atoms with E-state index >= 15 is 0 Å². The van der Waals surface area contributed by atoms with Gasteiger partial charge < -0.3 is 19.6 Å². The van der Waals surface area contributed by atoms with Gasteiger partial charge in [0.15, 0.2) is 0 Å². The van der Waals surface area contributed by atoms with E-state index in [4.69, 9.17) is 4.99 Å². The van der Waals surface area contributed by atoms with Crippen molar-refractivity contribution in [2.24, 2.45) is 16.8 Å². The zero-order chi connectivity index (χ0) is 41.0. The number of nitrogens with zero attached hydrogens (tertiary/aromatic N) is 7. The number of hydrogen-bond donors (Lipinski definition) is 2. The second-order valence-corrected chi connectivity index (χ2v) is 16.2. The zero-order valence-corrected chi connectivity index (χ0v) is 35.2. The van der Waals surface area contributed by atoms with E-state index in [1.807, 2.05) is 31.1 Å². The fourth-order valence-electron chi connectivity index (χ4n) is 8.54. The average molecular weight is 793 g/mol. The molecule has 0 amide bonds. The first-order chi connectivity index (χ1) is 28.3. The standard InChI is InChI=1S/C46H64N8O4/c1-5-9-17-33(7-3)29-53-43(55)35-27-38(50-20-14-12-16-24-52-26-22-48-32-52)42-40-36(44(56)54(46(42)58)30-34(8-4)18-10-6-2)28-37(41(39(35)40)45(53)57)49-19-13-11-15-23-51-25-21-47-31-51/h21-22,25-28,31-34,49,56H,5-20,23-24,29-30H2,1-4H3. The highest BCUT2D eigenvalue weighted by Crippen LogP contribution is 2.41. The van der Waals surface area contributed by atoms with Crippen molar-refractivity contribution in [3.63, 3.8) is 0 Å². The molecule has 1 aromatic carbocycles. The molecular formula is C46H64N8O4. The predicted molar refractivity (Wildman–Crippen MR) is 235 cm³/mol. The summed E-state index contributed by atoms with van der Waals surface area (Å²) in [7, 11) is 0. The largest absolute Gasteiger partial charge is 0.494 e. The number of nitrogens with one attached hydrogen (secondary N) is 1. The highest BCUT2D eigenvalue weighted by Gasteiger charge is 2.30. The number of imidazole rings is 2. The molecule has 3 aromatic heterocycles. The Kier molecular flexibility index (Phi) is 15.1. The summed E-state index contributed by atoms with van der Waals surface area (Å²) >= 11 is 0. The Labute approximate surface area is 341 Å². The Hall–Kier alpha value is -5.00. The van der Waals surface area contributed by atoms with Gasteiger partial charge in [-0.3, -0.25) is 28.5 Å². The molecule has 0 spiro atoms. The van der Waals surface area contributed by atoms with Gasteiger partial charge in [0, 0.05) is 86.1 Å². The molecule has 1 aliphatic heterocycles. The monoisotopic (exact) mass is 793 g/mol. The van der Waals surface area contributed by atoms with Gasteiger partial charge in [-0.15, -0.1) is 0 Å². The van der Waals surface area contributed by atoms with Crippen LogP contribution in [0.5, 0.6) is 5.88 Å². The molecule has 2 N–H and O–H groups in total. The maximum Gasteiger partial charge on any atom is 0.263 e. The average Bonchev–Trinajstić information content (AvgIpc) is 3.96. The molecule has 4 heterocycles. The normalized spacial score (nSPS) is 13.4. The van der Waals surface area contributed by atoms with Gasteiger partial charge in [0.05, 0.1) is 34.3 Å². The predicted octanol–water partition coefficient (Wildman–Crippen LogP) is 8.24. The quantitative estimate of drug-likeness (QED) is 0.0440. The first-order valence-electron chi connectivity index (χ1n) is 22.1. The van der Waals surface area contributed by atoms with Gasteiger partial charge in [-0.25, -0.2) is 9.97 Å². The van der Waals surface area contributed by atoms with Crippen molar-refractivity contribution in [1.29, 1.82) is 0 Å². The van der Waals surface area contributed by atoms with Crippen LogP contribution in [0.4, 0.5) is 5.69 Å². The fraction of sp³-hybridized carbons (Fsp3) is 0.565. The lowest BCUT2D eigenvalue weighted by atomic mass is 9.89. The summed E-state index contributed by atoms with van der Waals surface area (Å²) < 4.78 is 7.08. The minimum absolute atomic E-state index is 0.127. The summed E-state index contributed by atoms with van der Waals surface area (Å²) in [5, 5.41) is 17.8. The van der Waals surface area contributed by atoms with Crippen molar-refractivity contribution >= 4 is 27.2 Å². The van der Waals surface area contributed by atoms with Crippen molar-refractivity contribution in [3.8, 4) is 17.0 Å². The molecule has 58 heavy (non-hydrogen) atoms. The van der Waals surface area contributed by atoms with E-state index in [2.05, 4.69) is 52.1 Å². The van der Waals surface area contributed by atoms with Crippen LogP contribution >= 0.6 is 0 Å². The van der Waals surface area contributed by atoms with Gasteiger partial charge in [0.2, 0.25) is 5.88 Å². The second-order valence-electron chi connectivity index (χ2n) is 16.2. The molecule has 2 unspecified atom stereocenters. The van der Waals surface area contributed by atoms with Gasteiger partial charge in [0.1, 0.15) is 0 Å². The van der Waals surface area contributed by atoms with E-state index in [1.165, 1.54) is 9.13 Å². The lowest BCUT2D eigenvalue weighted by Crippen LogP contribution is -2.39. The molecule has 6 rings (SSSR count). The van der Waals surface area contributed by atoms with Crippen molar-refractivity contribution < 1.29 is 5.11 Å². The SMILES string of the molecule is CCCCC(CC)Cn1c(O)c2cc(NCCCCCn3ccnc3)c3c4c2c(c(=NCCCCCn2ccnc2)cc-4c(=O)n(CC(CC)CCCC)c3=O)c1=O. The number of rotatable bonds is 25. The van der Waals surface area contributed by atoms with Gasteiger partial charge in [-0.2, -0.15) is 0 Å². The number of aromatic hydroxyl groups is 1. The molecule has 2 aliphatic rings. The van der Waals surface area contributed by atoms with Crippen LogP contribution in [0.2, 0.25) is 0 Å². The van der Waals surface area contributed by atoms with Crippen LogP contribution in [-0.4, -0.2) is 46.4 Å². The zero-order valence-electron chi connectivity index (χ0n) is 35.2. The molecule has 4 aromatic rings. The number of anilines is 1. The third-order valence-electron chi connectivity index (χ3n) is 12.1. The van der Waals surface area contributed by atoms with Gasteiger partial charge >= 0.3 is 0 Å². The number of aromatic nitrogens is 6. The molecule has 0 radical (unpaired) electrons. The summed E-state index contributed by atoms with van der Waals surface area (Å²) in [5.41, 5.74) is 0.345. The highest BCUT2D eigenvalue weighted by molar-refractivity contribution is 6.18. The van der Waals surface area contributed by atoms with E-state index in [1.54, 1.807) is 18.5 Å². The molecule has 0 saturated carbocycles. The van der Waals surface area contributed by atoms with Crippen LogP contribution in [0.25, 0.3) is 32.7 Å². The van der Waals surface area contributed by atoms with E-state index in [-0.39, 0.29) is 34.4 Å². The lowest BCUT2D eigenvalue weighted by molar-refractivity contribution is 0.344. The number of aryl methyl sites for hydroxylation is 2. The van der Waals surface area contributed by atoms with Crippen LogP contribution in [0.15, 0.2) is 69.0 Å². The second kappa shape index (κ2) is 20.6. The third kappa shape index (κ3) is 9.64. The van der Waals surface area contributed by atoms with Crippen molar-refractivity contribution in [3.05, 3.63) is 86.0 Å². The van der Waals surface area contributed by atoms with Crippen molar-refractivity contribution in [1.82, 2.24) is 28.2 Å². The molecule has 0 saturated heterocycles. The minimum Gasteiger partial charge on any atom is -0.494 e.